The van der Waals surface area contributed by atoms with Gasteiger partial charge in [0.05, 0.1) is 31.1 Å². The number of imidazole rings is 1. The number of halogens is 3. The monoisotopic (exact) mass is 776 g/mol. The SMILES string of the molecule is CC(=O)c1ncn([C@@H]2O[C@@H]3COP(=O)(O)OC4C(CC5(C(F)(F)F)OC3C2OP(=O)(O)O5)OC(N(C)C2=C(N)C(N)N=CN2)C4O)c1N=C(N)N. The second-order valence-electron chi connectivity index (χ2n) is 11.8. The Bertz CT molecular complexity index is 1760. The molecule has 51 heavy (non-hydrogen) atoms. The lowest BCUT2D eigenvalue weighted by Gasteiger charge is -2.38. The molecule has 1 aromatic rings. The summed E-state index contributed by atoms with van der Waals surface area (Å²) in [6, 6.07) is 0. The van der Waals surface area contributed by atoms with Gasteiger partial charge in [0.15, 0.2) is 35.7 Å². The van der Waals surface area contributed by atoms with E-state index in [0.29, 0.717) is 0 Å². The number of alkyl halides is 3. The Morgan fingerprint density at radius 3 is 2.49 bits per heavy atom. The lowest BCUT2D eigenvalue weighted by atomic mass is 10.0. The van der Waals surface area contributed by atoms with Crippen molar-refractivity contribution in [2.45, 2.75) is 80.6 Å². The average Bonchev–Trinajstić information content (AvgIpc) is 3.62. The van der Waals surface area contributed by atoms with Crippen molar-refractivity contribution in [2.75, 3.05) is 13.7 Å². The second kappa shape index (κ2) is 13.0. The Labute approximate surface area is 284 Å². The summed E-state index contributed by atoms with van der Waals surface area (Å²) in [4.78, 5) is 46.4. The number of nitrogens with zero attached hydrogens (tertiary/aromatic N) is 5. The van der Waals surface area contributed by atoms with E-state index in [-0.39, 0.29) is 17.2 Å². The fourth-order valence-electron chi connectivity index (χ4n) is 6.13. The highest BCUT2D eigenvalue weighted by molar-refractivity contribution is 7.47. The number of ether oxygens (including phenoxy) is 3. The second-order valence-corrected chi connectivity index (χ2v) is 14.6. The molecule has 0 saturated carbocycles. The number of carbonyl (C=O) groups is 1. The minimum absolute atomic E-state index is 0.00128. The van der Waals surface area contributed by atoms with Gasteiger partial charge in [0, 0.05) is 20.4 Å². The zero-order chi connectivity index (χ0) is 37.4. The van der Waals surface area contributed by atoms with Gasteiger partial charge in [-0.15, -0.1) is 0 Å². The fraction of sp³-hybridized carbons (Fsp3) is 0.652. The van der Waals surface area contributed by atoms with Crippen LogP contribution in [0.4, 0.5) is 19.0 Å². The molecule has 12 atom stereocenters. The van der Waals surface area contributed by atoms with Gasteiger partial charge in [-0.3, -0.25) is 27.9 Å². The number of nitrogens with one attached hydrogen (secondary N) is 1. The van der Waals surface area contributed by atoms with Gasteiger partial charge >= 0.3 is 21.8 Å². The first kappa shape index (κ1) is 37.5. The van der Waals surface area contributed by atoms with Gasteiger partial charge in [0.1, 0.15) is 42.5 Å². The van der Waals surface area contributed by atoms with Crippen molar-refractivity contribution in [3.63, 3.8) is 0 Å². The van der Waals surface area contributed by atoms with E-state index >= 15 is 13.2 Å². The number of aliphatic hydroxyl groups is 1. The van der Waals surface area contributed by atoms with Crippen molar-refractivity contribution < 1.29 is 74.3 Å². The van der Waals surface area contributed by atoms with Crippen LogP contribution in [0.5, 0.6) is 0 Å². The van der Waals surface area contributed by atoms with Crippen LogP contribution in [0.1, 0.15) is 30.1 Å². The summed E-state index contributed by atoms with van der Waals surface area (Å²) >= 11 is 0. The molecule has 1 aromatic heterocycles. The highest BCUT2D eigenvalue weighted by atomic mass is 31.2. The molecule has 0 spiro atoms. The van der Waals surface area contributed by atoms with Gasteiger partial charge in [-0.2, -0.15) is 18.2 Å². The molecule has 0 aliphatic carbocycles. The Hall–Kier alpha value is -3.23. The molecule has 284 valence electrons. The summed E-state index contributed by atoms with van der Waals surface area (Å²) in [5.74, 6) is -5.75. The minimum Gasteiger partial charge on any atom is -0.396 e. The standard InChI is InChI=1S/C23H33F3N10O13P2/c1-7(37)11-18(34-21(29)30)36(6-33-11)20-15-14-9(45-20)4-43-50(39,40)47-13-8(3-22(46-14,23(24,25)26)49-51(41,42)48-15)44-19(12(13)38)35(2)17-10(27)16(28)31-5-32-17/h5-6,8-9,12-16,19-20,38H,3-4,27-28H2,1-2H3,(H,31,32)(H,39,40)(H,41,42)(H4,29,30,34)/t8?,9-,12?,13?,14?,15?,16?,19?,20-,22?/m1/s1. The number of hydrogen-bond acceptors (Lipinski definition) is 18. The number of fused-ring (bicyclic) bond motifs is 2. The third-order valence-electron chi connectivity index (χ3n) is 8.37. The van der Waals surface area contributed by atoms with Gasteiger partial charge in [-0.25, -0.2) is 18.6 Å². The molecule has 5 aliphatic rings. The lowest BCUT2D eigenvalue weighted by molar-refractivity contribution is -0.374. The molecule has 6 heterocycles. The molecule has 6 rings (SSSR count). The number of likely N-dealkylation sites (N-methyl/N-ethyl adjacent to an activating group) is 1. The summed E-state index contributed by atoms with van der Waals surface area (Å²) in [6.07, 6.45) is -21.9. The lowest BCUT2D eigenvalue weighted by Crippen LogP contribution is -2.55. The molecular formula is C23H33F3N10O13P2. The number of guanidine groups is 1. The van der Waals surface area contributed by atoms with Crippen LogP contribution in [0.25, 0.3) is 0 Å². The predicted molar refractivity (Wildman–Crippen MR) is 160 cm³/mol. The van der Waals surface area contributed by atoms with E-state index in [1.165, 1.54) is 7.05 Å². The van der Waals surface area contributed by atoms with Crippen LogP contribution in [0.3, 0.4) is 0 Å². The van der Waals surface area contributed by atoms with Crippen LogP contribution in [0.15, 0.2) is 27.8 Å². The zero-order valence-corrected chi connectivity index (χ0v) is 28.1. The smallest absolute Gasteiger partial charge is 0.396 e. The highest BCUT2D eigenvalue weighted by Gasteiger charge is 2.70. The maximum absolute atomic E-state index is 15.3. The molecule has 0 radical (unpaired) electrons. The highest BCUT2D eigenvalue weighted by Crippen LogP contribution is 2.62. The van der Waals surface area contributed by atoms with Crippen molar-refractivity contribution in [1.29, 1.82) is 0 Å². The van der Waals surface area contributed by atoms with Gasteiger partial charge in [0.2, 0.25) is 0 Å². The third kappa shape index (κ3) is 6.88. The number of nitrogens with two attached hydrogens (primary N) is 4. The molecule has 23 nitrogen and oxygen atoms in total. The first-order valence-corrected chi connectivity index (χ1v) is 17.7. The van der Waals surface area contributed by atoms with E-state index < -0.39 is 113 Å². The zero-order valence-electron chi connectivity index (χ0n) is 26.3. The Morgan fingerprint density at radius 1 is 1.16 bits per heavy atom. The predicted octanol–water partition coefficient (Wildman–Crippen LogP) is -1.98. The number of rotatable bonds is 5. The third-order valence-corrected chi connectivity index (χ3v) is 10.4. The van der Waals surface area contributed by atoms with Gasteiger partial charge in [-0.05, 0) is 0 Å². The van der Waals surface area contributed by atoms with E-state index in [9.17, 15) is 28.8 Å². The van der Waals surface area contributed by atoms with Crippen molar-refractivity contribution in [1.82, 2.24) is 19.8 Å². The maximum Gasteiger partial charge on any atom is 0.475 e. The van der Waals surface area contributed by atoms with Crippen LogP contribution in [0, 0.1) is 0 Å². The van der Waals surface area contributed by atoms with Crippen LogP contribution in [0.2, 0.25) is 0 Å². The van der Waals surface area contributed by atoms with Gasteiger partial charge in [0.25, 0.3) is 5.79 Å². The van der Waals surface area contributed by atoms with Crippen LogP contribution in [-0.2, 0) is 41.4 Å². The molecule has 4 fully saturated rings. The maximum atomic E-state index is 15.3. The quantitative estimate of drug-likeness (QED) is 0.0695. The van der Waals surface area contributed by atoms with Crippen LogP contribution in [-0.4, -0.2) is 122 Å². The van der Waals surface area contributed by atoms with E-state index in [4.69, 9.17) is 55.2 Å². The van der Waals surface area contributed by atoms with Crippen LogP contribution < -0.4 is 28.3 Å². The number of Topliss-reactive ketones (excluding diaryl/α,β-unsaturated/α-hetero) is 1. The molecule has 0 aromatic carbocycles. The summed E-state index contributed by atoms with van der Waals surface area (Å²) < 4.78 is 111. The van der Waals surface area contributed by atoms with Crippen molar-refractivity contribution >= 4 is 39.5 Å². The molecule has 0 amide bonds. The molecule has 12 N–H and O–H groups in total. The van der Waals surface area contributed by atoms with Gasteiger partial charge < -0.3 is 62.3 Å². The summed E-state index contributed by atoms with van der Waals surface area (Å²) in [5, 5.41) is 13.9. The fourth-order valence-corrected chi connectivity index (χ4v) is 8.26. The molecule has 2 bridgehead atoms. The van der Waals surface area contributed by atoms with E-state index in [2.05, 4.69) is 20.3 Å². The first-order chi connectivity index (χ1) is 23.6. The summed E-state index contributed by atoms with van der Waals surface area (Å²) in [7, 11) is -9.86. The van der Waals surface area contributed by atoms with Crippen molar-refractivity contribution in [3.8, 4) is 0 Å². The number of aliphatic imine (C=N–C) groups is 2. The number of phosphoric acid groups is 2. The normalized spacial score (nSPS) is 41.2. The number of aromatic nitrogens is 2. The number of aliphatic hydroxyl groups excluding tert-OH is 1. The Balaban J connectivity index is 1.44. The first-order valence-electron chi connectivity index (χ1n) is 14.7. The molecule has 4 saturated heterocycles. The van der Waals surface area contributed by atoms with E-state index in [1.807, 2.05) is 0 Å². The van der Waals surface area contributed by atoms with E-state index in [0.717, 1.165) is 29.1 Å². The Morgan fingerprint density at radius 2 is 1.84 bits per heavy atom. The number of phosphoric ester groups is 2. The summed E-state index contributed by atoms with van der Waals surface area (Å²) in [6.45, 7) is 0.0221. The van der Waals surface area contributed by atoms with Crippen molar-refractivity contribution in [3.05, 3.63) is 23.5 Å². The van der Waals surface area contributed by atoms with E-state index in [1.54, 1.807) is 0 Å². The molecule has 10 unspecified atom stereocenters. The molecule has 5 aliphatic heterocycles. The average molecular weight is 777 g/mol. The van der Waals surface area contributed by atoms with Crippen molar-refractivity contribution in [2.24, 2.45) is 32.9 Å². The Kier molecular flexibility index (Phi) is 9.57. The largest absolute Gasteiger partial charge is 0.475 e. The topological polar surface area (TPSA) is 338 Å². The molecule has 28 heteroatoms. The summed E-state index contributed by atoms with van der Waals surface area (Å²) in [5.41, 5.74) is 22.4. The number of carbonyl (C=O) groups excluding carboxylic acids is 1. The van der Waals surface area contributed by atoms with Gasteiger partial charge in [-0.1, -0.05) is 0 Å². The minimum atomic E-state index is -5.83. The van der Waals surface area contributed by atoms with Crippen LogP contribution >= 0.6 is 15.6 Å². The molecular weight excluding hydrogens is 743 g/mol. The number of ketones is 1. The number of hydrogen-bond donors (Lipinski definition) is 8.